The Bertz CT molecular complexity index is 10.8. The van der Waals surface area contributed by atoms with Gasteiger partial charge in [-0.15, -0.1) is 0 Å². The third-order valence-electron chi connectivity index (χ3n) is 0. The summed E-state index contributed by atoms with van der Waals surface area (Å²) in [7, 11) is 0. The molecular formula is CHBr2S. The molecular weight excluding hydrogens is 204 g/mol. The lowest BCUT2D eigenvalue weighted by atomic mass is 11.9. The Morgan fingerprint density at radius 2 is 1.50 bits per heavy atom. The molecule has 0 spiro atoms. The van der Waals surface area contributed by atoms with Crippen molar-refractivity contribution in [3.05, 3.63) is 0 Å². The Labute approximate surface area is 47.6 Å². The normalized spacial score (nSPS) is 9.00. The predicted molar refractivity (Wildman–Crippen MR) is 29.2 cm³/mol. The summed E-state index contributed by atoms with van der Waals surface area (Å²) >= 11 is 10.5. The van der Waals surface area contributed by atoms with Gasteiger partial charge in [0.05, 0.1) is 0 Å². The number of halogens is 2. The maximum Gasteiger partial charge on any atom is 0.125 e. The second-order valence-corrected chi connectivity index (χ2v) is 5.00. The molecule has 1 radical (unpaired) electrons. The van der Waals surface area contributed by atoms with Crippen LogP contribution in [0.25, 0.3) is 0 Å². The van der Waals surface area contributed by atoms with Gasteiger partial charge in [-0.3, -0.25) is 0 Å². The van der Waals surface area contributed by atoms with E-state index in [9.17, 15) is 0 Å². The average molecular weight is 205 g/mol. The molecule has 0 heterocycles. The lowest BCUT2D eigenvalue weighted by Gasteiger charge is -1.70. The quantitative estimate of drug-likeness (QED) is 0.532. The van der Waals surface area contributed by atoms with Crippen molar-refractivity contribution in [2.24, 2.45) is 0 Å². The molecule has 0 fully saturated rings. The smallest absolute Gasteiger partial charge is 0.0652 e. The Kier molecular flexibility index (Phi) is 3.37. The molecule has 3 heteroatoms. The molecule has 0 aliphatic heterocycles. The second-order valence-electron chi connectivity index (χ2n) is 0.261. The first-order chi connectivity index (χ1) is 1.73. The van der Waals surface area contributed by atoms with Crippen molar-refractivity contribution in [1.82, 2.24) is 0 Å². The highest BCUT2D eigenvalue weighted by molar-refractivity contribution is 9.27. The Hall–Kier alpha value is 1.31. The molecule has 0 aromatic heterocycles. The van der Waals surface area contributed by atoms with Crippen LogP contribution >= 0.6 is 44.5 Å². The fraction of sp³-hybridized carbons (Fsp3) is 1.00. The number of rotatable bonds is 0. The van der Waals surface area contributed by atoms with E-state index >= 15 is 0 Å². The molecule has 0 rings (SSSR count). The molecule has 4 heavy (non-hydrogen) atoms. The van der Waals surface area contributed by atoms with Crippen molar-refractivity contribution in [2.75, 3.05) is 0 Å². The minimum absolute atomic E-state index is 0.0417. The van der Waals surface area contributed by atoms with Crippen molar-refractivity contribution >= 4 is 44.5 Å². The number of alkyl halides is 2. The fourth-order valence-electron chi connectivity index (χ4n) is 0. The summed E-state index contributed by atoms with van der Waals surface area (Å²) in [6.45, 7) is 0. The fourth-order valence-corrected chi connectivity index (χ4v) is 0. The van der Waals surface area contributed by atoms with Crippen LogP contribution in [0, 0.1) is 0 Å². The average Bonchev–Trinajstić information content (AvgIpc) is 0.811. The summed E-state index contributed by atoms with van der Waals surface area (Å²) in [5.74, 6) is 0. The first-order valence-electron chi connectivity index (χ1n) is 0.672. The van der Waals surface area contributed by atoms with E-state index in [0.717, 1.165) is 0 Å². The highest BCUT2D eigenvalue weighted by Gasteiger charge is 1.77. The maximum absolute atomic E-state index is 4.45. The molecule has 0 aromatic carbocycles. The SMILES string of the molecule is [S]C(Br)Br. The van der Waals surface area contributed by atoms with Gasteiger partial charge >= 0.3 is 0 Å². The van der Waals surface area contributed by atoms with E-state index in [1.54, 1.807) is 0 Å². The Balaban J connectivity index is 2.32. The molecule has 0 unspecified atom stereocenters. The van der Waals surface area contributed by atoms with E-state index in [1.807, 2.05) is 0 Å². The van der Waals surface area contributed by atoms with Gasteiger partial charge in [0.15, 0.2) is 0 Å². The van der Waals surface area contributed by atoms with Crippen LogP contribution in [0.1, 0.15) is 0 Å². The zero-order valence-corrected chi connectivity index (χ0v) is 5.73. The van der Waals surface area contributed by atoms with Crippen molar-refractivity contribution in [3.8, 4) is 0 Å². The standard InChI is InChI=1S/CHBr2S/c2-1(3)4/h1H. The Morgan fingerprint density at radius 1 is 1.50 bits per heavy atom. The molecule has 0 aliphatic carbocycles. The van der Waals surface area contributed by atoms with Gasteiger partial charge in [0.2, 0.25) is 0 Å². The van der Waals surface area contributed by atoms with Crippen LogP contribution in [0.2, 0.25) is 0 Å². The summed E-state index contributed by atoms with van der Waals surface area (Å²) in [4.78, 5) is 0. The van der Waals surface area contributed by atoms with Crippen LogP contribution in [0.4, 0.5) is 0 Å². The highest BCUT2D eigenvalue weighted by Crippen LogP contribution is 2.09. The molecule has 0 atom stereocenters. The van der Waals surface area contributed by atoms with E-state index < -0.39 is 0 Å². The number of hydrogen-bond donors (Lipinski definition) is 0. The predicted octanol–water partition coefficient (Wildman–Crippen LogP) is 2.26. The molecule has 0 amide bonds. The van der Waals surface area contributed by atoms with Crippen LogP contribution in [-0.4, -0.2) is 3.07 Å². The van der Waals surface area contributed by atoms with E-state index in [-0.39, 0.29) is 3.07 Å². The molecule has 0 aliphatic rings. The zero-order chi connectivity index (χ0) is 3.58. The van der Waals surface area contributed by atoms with Crippen LogP contribution < -0.4 is 0 Å². The highest BCUT2D eigenvalue weighted by atomic mass is 79.9. The van der Waals surface area contributed by atoms with Gasteiger partial charge in [0.1, 0.15) is 3.07 Å². The van der Waals surface area contributed by atoms with E-state index in [4.69, 9.17) is 0 Å². The van der Waals surface area contributed by atoms with Gasteiger partial charge in [0.25, 0.3) is 0 Å². The molecule has 0 N–H and O–H groups in total. The first kappa shape index (κ1) is 5.31. The van der Waals surface area contributed by atoms with Crippen LogP contribution in [0.15, 0.2) is 0 Å². The molecule has 0 aromatic rings. The van der Waals surface area contributed by atoms with Crippen molar-refractivity contribution in [2.45, 2.75) is 3.07 Å². The van der Waals surface area contributed by atoms with Gasteiger partial charge in [-0.2, -0.15) is 0 Å². The van der Waals surface area contributed by atoms with Crippen LogP contribution in [-0.2, 0) is 0 Å². The van der Waals surface area contributed by atoms with Gasteiger partial charge < -0.3 is 0 Å². The molecule has 0 bridgehead atoms. The third kappa shape index (κ3) is 10.3. The molecule has 0 saturated heterocycles. The number of hydrogen-bond acceptors (Lipinski definition) is 0. The van der Waals surface area contributed by atoms with Gasteiger partial charge in [-0.1, -0.05) is 44.5 Å². The van der Waals surface area contributed by atoms with E-state index in [2.05, 4.69) is 44.5 Å². The van der Waals surface area contributed by atoms with Crippen molar-refractivity contribution < 1.29 is 0 Å². The summed E-state index contributed by atoms with van der Waals surface area (Å²) < 4.78 is 0.0417. The molecule has 0 nitrogen and oxygen atoms in total. The topological polar surface area (TPSA) is 0 Å². The summed E-state index contributed by atoms with van der Waals surface area (Å²) in [6.07, 6.45) is 0. The maximum atomic E-state index is 4.45. The van der Waals surface area contributed by atoms with Gasteiger partial charge in [-0.05, 0) is 0 Å². The minimum atomic E-state index is 0.0417. The van der Waals surface area contributed by atoms with Crippen molar-refractivity contribution in [1.29, 1.82) is 0 Å². The molecule has 25 valence electrons. The van der Waals surface area contributed by atoms with Crippen molar-refractivity contribution in [3.63, 3.8) is 0 Å². The van der Waals surface area contributed by atoms with Crippen LogP contribution in [0.5, 0.6) is 0 Å². The monoisotopic (exact) mass is 203 g/mol. The summed E-state index contributed by atoms with van der Waals surface area (Å²) in [5, 5.41) is 0. The zero-order valence-electron chi connectivity index (χ0n) is 1.74. The van der Waals surface area contributed by atoms with E-state index in [0.29, 0.717) is 0 Å². The second kappa shape index (κ2) is 2.54. The first-order valence-corrected chi connectivity index (χ1v) is 2.97. The lowest BCUT2D eigenvalue weighted by Crippen LogP contribution is -1.51. The van der Waals surface area contributed by atoms with Gasteiger partial charge in [0, 0.05) is 0 Å². The largest absolute Gasteiger partial charge is 0.125 e. The minimum Gasteiger partial charge on any atom is -0.0652 e. The summed E-state index contributed by atoms with van der Waals surface area (Å²) in [5.41, 5.74) is 0. The third-order valence-corrected chi connectivity index (χ3v) is 0. The lowest BCUT2D eigenvalue weighted by molar-refractivity contribution is 2.24. The van der Waals surface area contributed by atoms with Crippen LogP contribution in [0.3, 0.4) is 0 Å². The van der Waals surface area contributed by atoms with Gasteiger partial charge in [-0.25, -0.2) is 0 Å². The van der Waals surface area contributed by atoms with E-state index in [1.165, 1.54) is 0 Å². The molecule has 0 saturated carbocycles. The summed E-state index contributed by atoms with van der Waals surface area (Å²) in [6, 6.07) is 0. The Morgan fingerprint density at radius 3 is 1.50 bits per heavy atom.